The molecule has 4 N–H and O–H groups in total. The summed E-state index contributed by atoms with van der Waals surface area (Å²) in [6.45, 7) is 3.25. The zero-order valence-electron chi connectivity index (χ0n) is 8.75. The minimum absolute atomic E-state index is 0.110. The second-order valence-electron chi connectivity index (χ2n) is 3.38. The Balaban J connectivity index is 2.84. The van der Waals surface area contributed by atoms with Crippen molar-refractivity contribution >= 4 is 5.69 Å². The van der Waals surface area contributed by atoms with Crippen LogP contribution >= 0.6 is 0 Å². The van der Waals surface area contributed by atoms with E-state index in [1.165, 1.54) is 0 Å². The number of aliphatic hydroxyl groups excluding tert-OH is 1. The van der Waals surface area contributed by atoms with E-state index < -0.39 is 0 Å². The molecule has 0 heterocycles. The number of hydrogen-bond acceptors (Lipinski definition) is 4. The molecular formula is C11H15N3O. The first-order valence-corrected chi connectivity index (χ1v) is 4.79. The standard InChI is InChI=1S/C11H15N3O/c1-8-4-11(13)9(6-12)5-10(8)7-14-2-3-15/h4-5,14-15H,2-3,7,13H2,1H3. The van der Waals surface area contributed by atoms with Gasteiger partial charge in [-0.25, -0.2) is 0 Å². The lowest BCUT2D eigenvalue weighted by atomic mass is 10.0. The van der Waals surface area contributed by atoms with Gasteiger partial charge in [-0.2, -0.15) is 5.26 Å². The predicted molar refractivity (Wildman–Crippen MR) is 59.1 cm³/mol. The molecule has 1 rings (SSSR count). The molecule has 0 aliphatic heterocycles. The van der Waals surface area contributed by atoms with E-state index in [1.807, 2.05) is 6.92 Å². The molecule has 1 aromatic rings. The summed E-state index contributed by atoms with van der Waals surface area (Å²) < 4.78 is 0. The van der Waals surface area contributed by atoms with Crippen LogP contribution in [0.1, 0.15) is 16.7 Å². The van der Waals surface area contributed by atoms with Crippen LogP contribution in [0.15, 0.2) is 12.1 Å². The van der Waals surface area contributed by atoms with Crippen molar-refractivity contribution in [3.63, 3.8) is 0 Å². The minimum Gasteiger partial charge on any atom is -0.398 e. The SMILES string of the molecule is Cc1cc(N)c(C#N)cc1CNCCO. The molecule has 0 saturated heterocycles. The lowest BCUT2D eigenvalue weighted by Crippen LogP contribution is -2.18. The van der Waals surface area contributed by atoms with Gasteiger partial charge in [0.1, 0.15) is 6.07 Å². The Hall–Kier alpha value is -1.57. The number of aryl methyl sites for hydroxylation is 1. The molecule has 0 bridgehead atoms. The highest BCUT2D eigenvalue weighted by Crippen LogP contribution is 2.17. The summed E-state index contributed by atoms with van der Waals surface area (Å²) in [5.41, 5.74) is 8.78. The van der Waals surface area contributed by atoms with Crippen molar-refractivity contribution in [2.75, 3.05) is 18.9 Å². The van der Waals surface area contributed by atoms with Crippen molar-refractivity contribution in [3.05, 3.63) is 28.8 Å². The van der Waals surface area contributed by atoms with Gasteiger partial charge < -0.3 is 16.2 Å². The van der Waals surface area contributed by atoms with Gasteiger partial charge in [-0.15, -0.1) is 0 Å². The first-order chi connectivity index (χ1) is 7.19. The molecule has 80 valence electrons. The molecule has 0 atom stereocenters. The fraction of sp³-hybridized carbons (Fsp3) is 0.364. The number of aliphatic hydroxyl groups is 1. The van der Waals surface area contributed by atoms with Gasteiger partial charge in [0.05, 0.1) is 12.2 Å². The van der Waals surface area contributed by atoms with E-state index in [1.54, 1.807) is 12.1 Å². The Labute approximate surface area is 89.3 Å². The lowest BCUT2D eigenvalue weighted by molar-refractivity contribution is 0.292. The van der Waals surface area contributed by atoms with Crippen LogP contribution in [-0.4, -0.2) is 18.3 Å². The van der Waals surface area contributed by atoms with Crippen molar-refractivity contribution in [3.8, 4) is 6.07 Å². The average molecular weight is 205 g/mol. The molecule has 15 heavy (non-hydrogen) atoms. The fourth-order valence-corrected chi connectivity index (χ4v) is 1.36. The molecule has 4 nitrogen and oxygen atoms in total. The second kappa shape index (κ2) is 5.35. The summed E-state index contributed by atoms with van der Waals surface area (Å²) in [7, 11) is 0. The van der Waals surface area contributed by atoms with Crippen LogP contribution < -0.4 is 11.1 Å². The maximum atomic E-state index is 8.81. The number of nitrogens with two attached hydrogens (primary N) is 1. The third-order valence-electron chi connectivity index (χ3n) is 2.23. The molecule has 0 amide bonds. The topological polar surface area (TPSA) is 82.1 Å². The van der Waals surface area contributed by atoms with E-state index >= 15 is 0 Å². The molecule has 0 aromatic heterocycles. The number of hydrogen-bond donors (Lipinski definition) is 3. The van der Waals surface area contributed by atoms with E-state index in [4.69, 9.17) is 16.1 Å². The molecular weight excluding hydrogens is 190 g/mol. The Morgan fingerprint density at radius 1 is 1.53 bits per heavy atom. The monoisotopic (exact) mass is 205 g/mol. The Morgan fingerprint density at radius 3 is 2.87 bits per heavy atom. The highest BCUT2D eigenvalue weighted by atomic mass is 16.3. The summed E-state index contributed by atoms with van der Waals surface area (Å²) in [5.74, 6) is 0. The Morgan fingerprint density at radius 2 is 2.27 bits per heavy atom. The summed E-state index contributed by atoms with van der Waals surface area (Å²) >= 11 is 0. The third-order valence-corrected chi connectivity index (χ3v) is 2.23. The minimum atomic E-state index is 0.110. The fourth-order valence-electron chi connectivity index (χ4n) is 1.36. The number of benzene rings is 1. The first kappa shape index (κ1) is 11.5. The van der Waals surface area contributed by atoms with Crippen LogP contribution in [0.5, 0.6) is 0 Å². The summed E-state index contributed by atoms with van der Waals surface area (Å²) in [6.07, 6.45) is 0. The molecule has 4 heteroatoms. The van der Waals surface area contributed by atoms with Crippen LogP contribution in [0.3, 0.4) is 0 Å². The van der Waals surface area contributed by atoms with Crippen molar-refractivity contribution in [1.82, 2.24) is 5.32 Å². The molecule has 0 spiro atoms. The van der Waals surface area contributed by atoms with Crippen LogP contribution in [0.4, 0.5) is 5.69 Å². The van der Waals surface area contributed by atoms with E-state index in [2.05, 4.69) is 11.4 Å². The van der Waals surface area contributed by atoms with Crippen molar-refractivity contribution < 1.29 is 5.11 Å². The van der Waals surface area contributed by atoms with Crippen molar-refractivity contribution in [2.45, 2.75) is 13.5 Å². The number of rotatable bonds is 4. The van der Waals surface area contributed by atoms with E-state index in [-0.39, 0.29) is 6.61 Å². The average Bonchev–Trinajstić information content (AvgIpc) is 2.21. The molecule has 0 aliphatic carbocycles. The second-order valence-corrected chi connectivity index (χ2v) is 3.38. The van der Waals surface area contributed by atoms with Gasteiger partial charge in [-0.3, -0.25) is 0 Å². The summed E-state index contributed by atoms with van der Waals surface area (Å²) in [5, 5.41) is 20.5. The molecule has 0 fully saturated rings. The van der Waals surface area contributed by atoms with E-state index in [9.17, 15) is 0 Å². The number of anilines is 1. The van der Waals surface area contributed by atoms with Crippen molar-refractivity contribution in [2.24, 2.45) is 0 Å². The Bertz CT molecular complexity index is 382. The Kier molecular flexibility index (Phi) is 4.10. The van der Waals surface area contributed by atoms with Gasteiger partial charge in [0.25, 0.3) is 0 Å². The largest absolute Gasteiger partial charge is 0.398 e. The van der Waals surface area contributed by atoms with Crippen LogP contribution in [0, 0.1) is 18.3 Å². The summed E-state index contributed by atoms with van der Waals surface area (Å²) in [6, 6.07) is 5.64. The summed E-state index contributed by atoms with van der Waals surface area (Å²) in [4.78, 5) is 0. The van der Waals surface area contributed by atoms with Crippen LogP contribution in [0.25, 0.3) is 0 Å². The maximum Gasteiger partial charge on any atom is 0.101 e. The normalized spacial score (nSPS) is 9.93. The molecule has 0 unspecified atom stereocenters. The molecule has 0 radical (unpaired) electrons. The van der Waals surface area contributed by atoms with Crippen molar-refractivity contribution in [1.29, 1.82) is 5.26 Å². The van der Waals surface area contributed by atoms with Gasteiger partial charge in [-0.05, 0) is 30.2 Å². The number of nitriles is 1. The van der Waals surface area contributed by atoms with Gasteiger partial charge in [0, 0.05) is 18.8 Å². The maximum absolute atomic E-state index is 8.81. The number of nitrogens with one attached hydrogen (secondary N) is 1. The van der Waals surface area contributed by atoms with E-state index in [0.29, 0.717) is 24.3 Å². The van der Waals surface area contributed by atoms with Gasteiger partial charge in [0.2, 0.25) is 0 Å². The van der Waals surface area contributed by atoms with Gasteiger partial charge >= 0.3 is 0 Å². The molecule has 0 saturated carbocycles. The molecule has 0 aliphatic rings. The smallest absolute Gasteiger partial charge is 0.101 e. The van der Waals surface area contributed by atoms with Gasteiger partial charge in [0.15, 0.2) is 0 Å². The quantitative estimate of drug-likeness (QED) is 0.494. The van der Waals surface area contributed by atoms with E-state index in [0.717, 1.165) is 11.1 Å². The van der Waals surface area contributed by atoms with Crippen LogP contribution in [-0.2, 0) is 6.54 Å². The number of nitrogen functional groups attached to an aromatic ring is 1. The third kappa shape index (κ3) is 2.94. The highest BCUT2D eigenvalue weighted by molar-refractivity contribution is 5.57. The predicted octanol–water partition coefficient (Wildman–Crippen LogP) is 0.531. The lowest BCUT2D eigenvalue weighted by Gasteiger charge is -2.09. The van der Waals surface area contributed by atoms with Crippen LogP contribution in [0.2, 0.25) is 0 Å². The van der Waals surface area contributed by atoms with Gasteiger partial charge in [-0.1, -0.05) is 0 Å². The zero-order chi connectivity index (χ0) is 11.3. The zero-order valence-corrected chi connectivity index (χ0v) is 8.75. The molecule has 1 aromatic carbocycles. The highest BCUT2D eigenvalue weighted by Gasteiger charge is 2.04. The number of nitrogens with zero attached hydrogens (tertiary/aromatic N) is 1. The first-order valence-electron chi connectivity index (χ1n) is 4.79.